The number of hydrogen-bond donors (Lipinski definition) is 1. The van der Waals surface area contributed by atoms with Crippen molar-refractivity contribution < 1.29 is 14.3 Å². The van der Waals surface area contributed by atoms with Crippen LogP contribution in [0, 0.1) is 0 Å². The molecule has 4 nitrogen and oxygen atoms in total. The standard InChI is InChI=1S/C17H16BrNO3/c18-14-6-7-16-13(8-14)9-15(11-21-16)19-17(20)22-10-12-4-2-1-3-5-12/h1-8,15H,9-11H2,(H,19,20). The van der Waals surface area contributed by atoms with Gasteiger partial charge in [-0.25, -0.2) is 4.79 Å². The number of hydrogen-bond acceptors (Lipinski definition) is 3. The van der Waals surface area contributed by atoms with Gasteiger partial charge in [0.25, 0.3) is 0 Å². The zero-order valence-electron chi connectivity index (χ0n) is 11.9. The highest BCUT2D eigenvalue weighted by Crippen LogP contribution is 2.27. The quantitative estimate of drug-likeness (QED) is 0.906. The highest BCUT2D eigenvalue weighted by molar-refractivity contribution is 9.10. The lowest BCUT2D eigenvalue weighted by molar-refractivity contribution is 0.128. The first kappa shape index (κ1) is 14.9. The first-order valence-corrected chi connectivity index (χ1v) is 7.88. The van der Waals surface area contributed by atoms with Crippen molar-refractivity contribution in [3.05, 3.63) is 64.1 Å². The van der Waals surface area contributed by atoms with Crippen LogP contribution >= 0.6 is 15.9 Å². The number of ether oxygens (including phenoxy) is 2. The topological polar surface area (TPSA) is 47.6 Å². The summed E-state index contributed by atoms with van der Waals surface area (Å²) in [7, 11) is 0. The molecule has 22 heavy (non-hydrogen) atoms. The van der Waals surface area contributed by atoms with Gasteiger partial charge in [0.2, 0.25) is 0 Å². The summed E-state index contributed by atoms with van der Waals surface area (Å²) in [6.07, 6.45) is 0.311. The minimum Gasteiger partial charge on any atom is -0.491 e. The van der Waals surface area contributed by atoms with Gasteiger partial charge in [-0.2, -0.15) is 0 Å². The fourth-order valence-electron chi connectivity index (χ4n) is 2.39. The smallest absolute Gasteiger partial charge is 0.407 e. The van der Waals surface area contributed by atoms with Crippen molar-refractivity contribution in [1.82, 2.24) is 5.32 Å². The van der Waals surface area contributed by atoms with Gasteiger partial charge in [0.1, 0.15) is 19.0 Å². The average Bonchev–Trinajstić information content (AvgIpc) is 2.53. The molecule has 1 atom stereocenters. The molecule has 114 valence electrons. The molecule has 0 aliphatic carbocycles. The summed E-state index contributed by atoms with van der Waals surface area (Å²) in [5, 5.41) is 2.85. The average molecular weight is 362 g/mol. The SMILES string of the molecule is O=C(NC1COc2ccc(Br)cc2C1)OCc1ccccc1. The van der Waals surface area contributed by atoms with Crippen LogP contribution in [-0.4, -0.2) is 18.7 Å². The number of fused-ring (bicyclic) bond motifs is 1. The normalized spacial score (nSPS) is 16.3. The van der Waals surface area contributed by atoms with E-state index in [1.54, 1.807) is 0 Å². The van der Waals surface area contributed by atoms with E-state index in [0.717, 1.165) is 27.8 Å². The Balaban J connectivity index is 1.52. The molecule has 2 aromatic rings. The summed E-state index contributed by atoms with van der Waals surface area (Å²) in [6, 6.07) is 15.4. The first-order valence-electron chi connectivity index (χ1n) is 7.09. The van der Waals surface area contributed by atoms with E-state index in [9.17, 15) is 4.79 Å². The largest absolute Gasteiger partial charge is 0.491 e. The molecule has 1 aliphatic rings. The molecule has 0 spiro atoms. The third kappa shape index (κ3) is 3.80. The van der Waals surface area contributed by atoms with Crippen LogP contribution < -0.4 is 10.1 Å². The van der Waals surface area contributed by atoms with Gasteiger partial charge in [0.05, 0.1) is 6.04 Å². The van der Waals surface area contributed by atoms with E-state index >= 15 is 0 Å². The molecule has 1 N–H and O–H groups in total. The Labute approximate surface area is 137 Å². The molecular formula is C17H16BrNO3. The first-order chi connectivity index (χ1) is 10.7. The van der Waals surface area contributed by atoms with E-state index in [4.69, 9.17) is 9.47 Å². The molecule has 0 fully saturated rings. The number of rotatable bonds is 3. The summed E-state index contributed by atoms with van der Waals surface area (Å²) in [5.74, 6) is 0.874. The minimum atomic E-state index is -0.420. The predicted octanol–water partition coefficient (Wildman–Crippen LogP) is 3.68. The lowest BCUT2D eigenvalue weighted by atomic mass is 10.0. The van der Waals surface area contributed by atoms with Crippen LogP contribution in [0.5, 0.6) is 5.75 Å². The molecule has 5 heteroatoms. The van der Waals surface area contributed by atoms with Gasteiger partial charge in [-0.1, -0.05) is 46.3 Å². The summed E-state index contributed by atoms with van der Waals surface area (Å²) in [5.41, 5.74) is 2.04. The Morgan fingerprint density at radius 2 is 2.09 bits per heavy atom. The van der Waals surface area contributed by atoms with Gasteiger partial charge in [-0.05, 0) is 35.7 Å². The van der Waals surface area contributed by atoms with Crippen molar-refractivity contribution in [3.8, 4) is 5.75 Å². The van der Waals surface area contributed by atoms with Crippen molar-refractivity contribution >= 4 is 22.0 Å². The molecule has 1 aliphatic heterocycles. The Hall–Kier alpha value is -2.01. The third-order valence-corrected chi connectivity index (χ3v) is 3.96. The maximum Gasteiger partial charge on any atom is 0.407 e. The number of amides is 1. The Morgan fingerprint density at radius 3 is 2.91 bits per heavy atom. The van der Waals surface area contributed by atoms with Crippen LogP contribution in [0.4, 0.5) is 4.79 Å². The molecule has 0 saturated heterocycles. The number of halogens is 1. The third-order valence-electron chi connectivity index (χ3n) is 3.46. The summed E-state index contributed by atoms with van der Waals surface area (Å²) in [6.45, 7) is 0.720. The van der Waals surface area contributed by atoms with Crippen LogP contribution in [0.3, 0.4) is 0 Å². The molecular weight excluding hydrogens is 346 g/mol. The Bertz CT molecular complexity index is 660. The second-order valence-corrected chi connectivity index (χ2v) is 6.09. The Morgan fingerprint density at radius 1 is 1.27 bits per heavy atom. The predicted molar refractivity (Wildman–Crippen MR) is 86.9 cm³/mol. The fraction of sp³-hybridized carbons (Fsp3) is 0.235. The molecule has 1 heterocycles. The fourth-order valence-corrected chi connectivity index (χ4v) is 2.80. The molecule has 0 saturated carbocycles. The highest BCUT2D eigenvalue weighted by atomic mass is 79.9. The van der Waals surface area contributed by atoms with E-state index in [1.807, 2.05) is 48.5 Å². The van der Waals surface area contributed by atoms with Crippen LogP contribution in [0.2, 0.25) is 0 Å². The van der Waals surface area contributed by atoms with Crippen LogP contribution in [0.1, 0.15) is 11.1 Å². The second kappa shape index (κ2) is 6.83. The molecule has 0 bridgehead atoms. The molecule has 1 amide bonds. The van der Waals surface area contributed by atoms with Crippen LogP contribution in [-0.2, 0) is 17.8 Å². The van der Waals surface area contributed by atoms with Gasteiger partial charge >= 0.3 is 6.09 Å². The van der Waals surface area contributed by atoms with Crippen LogP contribution in [0.25, 0.3) is 0 Å². The van der Waals surface area contributed by atoms with Crippen molar-refractivity contribution in [3.63, 3.8) is 0 Å². The van der Waals surface area contributed by atoms with Gasteiger partial charge in [-0.15, -0.1) is 0 Å². The van der Waals surface area contributed by atoms with Crippen molar-refractivity contribution in [1.29, 1.82) is 0 Å². The number of carbonyl (C=O) groups is 1. The minimum absolute atomic E-state index is 0.0786. The van der Waals surface area contributed by atoms with Crippen molar-refractivity contribution in [2.45, 2.75) is 19.1 Å². The Kier molecular flexibility index (Phi) is 4.63. The molecule has 3 rings (SSSR count). The highest BCUT2D eigenvalue weighted by Gasteiger charge is 2.22. The lowest BCUT2D eigenvalue weighted by Crippen LogP contribution is -2.42. The van der Waals surface area contributed by atoms with Gasteiger partial charge in [0.15, 0.2) is 0 Å². The van der Waals surface area contributed by atoms with Crippen LogP contribution in [0.15, 0.2) is 53.0 Å². The second-order valence-electron chi connectivity index (χ2n) is 5.17. The van der Waals surface area contributed by atoms with Gasteiger partial charge in [0, 0.05) is 4.47 Å². The zero-order valence-corrected chi connectivity index (χ0v) is 13.5. The number of carbonyl (C=O) groups excluding carboxylic acids is 1. The van der Waals surface area contributed by atoms with E-state index in [0.29, 0.717) is 6.61 Å². The summed E-state index contributed by atoms with van der Waals surface area (Å²) < 4.78 is 11.9. The van der Waals surface area contributed by atoms with Gasteiger partial charge < -0.3 is 14.8 Å². The molecule has 2 aromatic carbocycles. The monoisotopic (exact) mass is 361 g/mol. The van der Waals surface area contributed by atoms with Crippen molar-refractivity contribution in [2.24, 2.45) is 0 Å². The van der Waals surface area contributed by atoms with E-state index in [2.05, 4.69) is 21.2 Å². The van der Waals surface area contributed by atoms with E-state index in [-0.39, 0.29) is 12.6 Å². The number of benzene rings is 2. The summed E-state index contributed by atoms with van der Waals surface area (Å²) >= 11 is 3.44. The van der Waals surface area contributed by atoms with Gasteiger partial charge in [-0.3, -0.25) is 0 Å². The number of alkyl carbamates (subject to hydrolysis) is 1. The summed E-state index contributed by atoms with van der Waals surface area (Å²) in [4.78, 5) is 11.9. The molecule has 1 unspecified atom stereocenters. The zero-order chi connectivity index (χ0) is 15.4. The molecule has 0 aromatic heterocycles. The van der Waals surface area contributed by atoms with E-state index in [1.165, 1.54) is 0 Å². The molecule has 0 radical (unpaired) electrons. The lowest BCUT2D eigenvalue weighted by Gasteiger charge is -2.26. The van der Waals surface area contributed by atoms with E-state index < -0.39 is 6.09 Å². The maximum absolute atomic E-state index is 11.9. The van der Waals surface area contributed by atoms with Crippen molar-refractivity contribution in [2.75, 3.05) is 6.61 Å². The number of nitrogens with one attached hydrogen (secondary N) is 1. The maximum atomic E-state index is 11.9.